The smallest absolute Gasteiger partial charge is 0.347 e. The fourth-order valence-electron chi connectivity index (χ4n) is 0.714. The van der Waals surface area contributed by atoms with E-state index < -0.39 is 32.6 Å². The first-order valence-corrected chi connectivity index (χ1v) is 5.94. The first kappa shape index (κ1) is 15.4. The van der Waals surface area contributed by atoms with E-state index in [1.54, 1.807) is 0 Å². The maximum absolute atomic E-state index is 11.3. The van der Waals surface area contributed by atoms with Gasteiger partial charge in [0, 0.05) is 6.92 Å². The fraction of sp³-hybridized carbons (Fsp3) is 0.500. The number of carboxylic acids is 1. The average Bonchev–Trinajstić information content (AvgIpc) is 2.21. The van der Waals surface area contributed by atoms with E-state index in [9.17, 15) is 18.0 Å². The van der Waals surface area contributed by atoms with Crippen molar-refractivity contribution in [1.82, 2.24) is 0 Å². The zero-order valence-corrected chi connectivity index (χ0v) is 9.97. The molecule has 0 fully saturated rings. The lowest BCUT2D eigenvalue weighted by atomic mass is 10.4. The maximum Gasteiger partial charge on any atom is 0.347 e. The number of alkyl halides is 1. The first-order valence-electron chi connectivity index (χ1n) is 3.90. The third-order valence-electron chi connectivity index (χ3n) is 1.34. The number of nitrogens with zero attached hydrogens (tertiary/aromatic N) is 2. The molecule has 0 amide bonds. The summed E-state index contributed by atoms with van der Waals surface area (Å²) in [4.78, 5) is 21.2. The Balaban J connectivity index is 5.14. The summed E-state index contributed by atoms with van der Waals surface area (Å²) < 4.78 is 24.9. The second-order valence-corrected chi connectivity index (χ2v) is 5.26. The number of esters is 1. The second kappa shape index (κ2) is 6.25. The van der Waals surface area contributed by atoms with Crippen molar-refractivity contribution in [3.8, 4) is 0 Å². The maximum atomic E-state index is 11.3. The normalized spacial score (nSPS) is 15.2. The topological polar surface area (TPSA) is 146 Å². The molecule has 96 valence electrons. The Labute approximate surface area is 101 Å². The van der Waals surface area contributed by atoms with Crippen molar-refractivity contribution in [2.24, 2.45) is 10.3 Å². The van der Waals surface area contributed by atoms with Crippen LogP contribution in [-0.2, 0) is 24.2 Å². The molecule has 2 unspecified atom stereocenters. The predicted octanol–water partition coefficient (Wildman–Crippen LogP) is -0.0433. The number of hydrogen-bond acceptors (Lipinski definition) is 7. The van der Waals surface area contributed by atoms with Crippen LogP contribution < -0.4 is 0 Å². The zero-order valence-electron chi connectivity index (χ0n) is 8.40. The van der Waals surface area contributed by atoms with Crippen molar-refractivity contribution < 1.29 is 27.9 Å². The summed E-state index contributed by atoms with van der Waals surface area (Å²) in [5.41, 5.74) is 6.45. The summed E-state index contributed by atoms with van der Waals surface area (Å²) in [5, 5.41) is 13.8. The third kappa shape index (κ3) is 4.87. The standard InChI is InChI=1S/C6H8ClN3O6S/c1-3(11)16-4(6(12)13)5(7)17(14,15)2-9-10-8/h2,4-5,8H,1H3,(H,12,13)/b9-2+,10-8?. The lowest BCUT2D eigenvalue weighted by molar-refractivity contribution is -0.161. The molecule has 17 heavy (non-hydrogen) atoms. The van der Waals surface area contributed by atoms with Gasteiger partial charge in [-0.1, -0.05) is 5.22 Å². The van der Waals surface area contributed by atoms with Crippen LogP contribution in [0.1, 0.15) is 6.92 Å². The molecular formula is C6H8ClN3O6S. The van der Waals surface area contributed by atoms with Gasteiger partial charge in [0.2, 0.25) is 15.9 Å². The number of nitrogens with one attached hydrogen (secondary N) is 1. The fourth-order valence-corrected chi connectivity index (χ4v) is 1.82. The zero-order chi connectivity index (χ0) is 13.6. The Bertz CT molecular complexity index is 447. The number of ether oxygens (including phenoxy) is 1. The SMILES string of the molecule is CC(=O)OC(C(=O)O)C(Cl)S(=O)(=O)/C=N/N=N. The Hall–Kier alpha value is -1.55. The molecule has 0 aliphatic rings. The molecule has 11 heteroatoms. The van der Waals surface area contributed by atoms with Crippen molar-refractivity contribution in [2.45, 2.75) is 17.7 Å². The molecule has 0 bridgehead atoms. The second-order valence-electron chi connectivity index (χ2n) is 2.63. The van der Waals surface area contributed by atoms with Crippen LogP contribution in [0.4, 0.5) is 0 Å². The van der Waals surface area contributed by atoms with Crippen LogP contribution in [0.25, 0.3) is 0 Å². The number of halogens is 1. The Morgan fingerprint density at radius 2 is 2.06 bits per heavy atom. The monoisotopic (exact) mass is 285 g/mol. The highest BCUT2D eigenvalue weighted by atomic mass is 35.5. The minimum atomic E-state index is -4.31. The van der Waals surface area contributed by atoms with Gasteiger partial charge in [0.15, 0.2) is 4.71 Å². The van der Waals surface area contributed by atoms with Crippen LogP contribution >= 0.6 is 11.6 Å². The van der Waals surface area contributed by atoms with Crippen molar-refractivity contribution >= 4 is 38.9 Å². The van der Waals surface area contributed by atoms with Gasteiger partial charge in [0.25, 0.3) is 0 Å². The van der Waals surface area contributed by atoms with E-state index in [0.717, 1.165) is 6.92 Å². The van der Waals surface area contributed by atoms with Crippen LogP contribution in [0, 0.1) is 5.53 Å². The quantitative estimate of drug-likeness (QED) is 0.175. The van der Waals surface area contributed by atoms with E-state index in [0.29, 0.717) is 0 Å². The molecule has 2 N–H and O–H groups in total. The molecule has 0 saturated heterocycles. The van der Waals surface area contributed by atoms with Crippen molar-refractivity contribution in [1.29, 1.82) is 5.53 Å². The number of carbonyl (C=O) groups is 2. The minimum absolute atomic E-state index is 0.205. The van der Waals surface area contributed by atoms with Crippen LogP contribution in [0.5, 0.6) is 0 Å². The highest BCUT2D eigenvalue weighted by molar-refractivity contribution is 8.06. The molecule has 2 atom stereocenters. The molecule has 0 saturated carbocycles. The summed E-state index contributed by atoms with van der Waals surface area (Å²) >= 11 is 5.37. The number of carboxylic acid groups (broad SMARTS) is 1. The minimum Gasteiger partial charge on any atom is -0.478 e. The number of carbonyl (C=O) groups excluding carboxylic acids is 1. The highest BCUT2D eigenvalue weighted by Gasteiger charge is 2.38. The van der Waals surface area contributed by atoms with Crippen LogP contribution in [-0.4, -0.2) is 41.8 Å². The summed E-state index contributed by atoms with van der Waals surface area (Å²) in [5.74, 6) is -2.72. The lowest BCUT2D eigenvalue weighted by Gasteiger charge is -2.16. The number of rotatable bonds is 6. The van der Waals surface area contributed by atoms with Gasteiger partial charge in [-0.25, -0.2) is 13.2 Å². The summed E-state index contributed by atoms with van der Waals surface area (Å²) in [6.07, 6.45) is -2.07. The van der Waals surface area contributed by atoms with E-state index in [-0.39, 0.29) is 5.55 Å². The van der Waals surface area contributed by atoms with Gasteiger partial charge in [0.05, 0.1) is 0 Å². The molecule has 0 aromatic carbocycles. The molecule has 0 aromatic heterocycles. The van der Waals surface area contributed by atoms with Crippen LogP contribution in [0.15, 0.2) is 10.3 Å². The van der Waals surface area contributed by atoms with Crippen molar-refractivity contribution in [3.63, 3.8) is 0 Å². The first-order chi connectivity index (χ1) is 7.72. The van der Waals surface area contributed by atoms with Crippen molar-refractivity contribution in [3.05, 3.63) is 0 Å². The van der Waals surface area contributed by atoms with E-state index >= 15 is 0 Å². The van der Waals surface area contributed by atoms with Gasteiger partial charge in [-0.05, 0) is 0 Å². The van der Waals surface area contributed by atoms with Gasteiger partial charge in [0.1, 0.15) is 5.55 Å². The Morgan fingerprint density at radius 3 is 2.41 bits per heavy atom. The summed E-state index contributed by atoms with van der Waals surface area (Å²) in [7, 11) is -4.31. The third-order valence-corrected chi connectivity index (χ3v) is 3.58. The average molecular weight is 286 g/mol. The van der Waals surface area contributed by atoms with E-state index in [1.807, 2.05) is 0 Å². The van der Waals surface area contributed by atoms with Gasteiger partial charge in [-0.2, -0.15) is 5.53 Å². The number of aliphatic carboxylic acids is 1. The van der Waals surface area contributed by atoms with Gasteiger partial charge < -0.3 is 9.84 Å². The van der Waals surface area contributed by atoms with Gasteiger partial charge >= 0.3 is 11.9 Å². The lowest BCUT2D eigenvalue weighted by Crippen LogP contribution is -2.39. The largest absolute Gasteiger partial charge is 0.478 e. The van der Waals surface area contributed by atoms with Crippen molar-refractivity contribution in [2.75, 3.05) is 0 Å². The predicted molar refractivity (Wildman–Crippen MR) is 55.4 cm³/mol. The molecule has 0 spiro atoms. The molecule has 0 rings (SSSR count). The molecule has 0 aromatic rings. The van der Waals surface area contributed by atoms with Gasteiger partial charge in [-0.3, -0.25) is 4.79 Å². The van der Waals surface area contributed by atoms with Crippen LogP contribution in [0.2, 0.25) is 0 Å². The molecule has 0 aliphatic heterocycles. The Kier molecular flexibility index (Phi) is 5.68. The molecule has 0 heterocycles. The molecule has 0 radical (unpaired) electrons. The highest BCUT2D eigenvalue weighted by Crippen LogP contribution is 2.15. The van der Waals surface area contributed by atoms with Gasteiger partial charge in [-0.15, -0.1) is 16.7 Å². The molecule has 0 aliphatic carbocycles. The number of hydrogen-bond donors (Lipinski definition) is 2. The van der Waals surface area contributed by atoms with Crippen LogP contribution in [0.3, 0.4) is 0 Å². The Morgan fingerprint density at radius 1 is 1.53 bits per heavy atom. The van der Waals surface area contributed by atoms with E-state index in [2.05, 4.69) is 15.1 Å². The van der Waals surface area contributed by atoms with E-state index in [4.69, 9.17) is 22.2 Å². The van der Waals surface area contributed by atoms with E-state index in [1.165, 1.54) is 0 Å². The summed E-state index contributed by atoms with van der Waals surface area (Å²) in [6.45, 7) is 0.902. The number of sulfone groups is 1. The summed E-state index contributed by atoms with van der Waals surface area (Å²) in [6, 6.07) is 0. The molecule has 9 nitrogen and oxygen atoms in total. The molecular weight excluding hydrogens is 278 g/mol.